The van der Waals surface area contributed by atoms with Crippen LogP contribution in [0.3, 0.4) is 0 Å². The molecule has 110 valence electrons. The zero-order valence-electron chi connectivity index (χ0n) is 10.8. The molecule has 1 fully saturated rings. The van der Waals surface area contributed by atoms with Crippen molar-refractivity contribution in [3.8, 4) is 0 Å². The van der Waals surface area contributed by atoms with Crippen LogP contribution in [0.4, 0.5) is 8.78 Å². The summed E-state index contributed by atoms with van der Waals surface area (Å²) in [6, 6.07) is 3.19. The van der Waals surface area contributed by atoms with Crippen molar-refractivity contribution in [2.24, 2.45) is 5.92 Å². The molecular weight excluding hydrogens is 286 g/mol. The van der Waals surface area contributed by atoms with Crippen LogP contribution in [0.5, 0.6) is 0 Å². The van der Waals surface area contributed by atoms with Crippen LogP contribution >= 0.6 is 11.8 Å². The number of carbonyl (C=O) groups is 1. The Kier molecular flexibility index (Phi) is 4.78. The van der Waals surface area contributed by atoms with Crippen molar-refractivity contribution in [2.45, 2.75) is 30.3 Å². The zero-order chi connectivity index (χ0) is 14.8. The molecule has 0 spiro atoms. The smallest absolute Gasteiger partial charge is 0.213 e. The lowest BCUT2D eigenvalue weighted by Gasteiger charge is -2.36. The summed E-state index contributed by atoms with van der Waals surface area (Å²) in [6.07, 6.45) is 1.55. The molecule has 0 aliphatic carbocycles. The van der Waals surface area contributed by atoms with Gasteiger partial charge in [0.05, 0.1) is 0 Å². The Morgan fingerprint density at radius 3 is 2.55 bits per heavy atom. The molecule has 1 heterocycles. The van der Waals surface area contributed by atoms with E-state index in [4.69, 9.17) is 0 Å². The van der Waals surface area contributed by atoms with Crippen LogP contribution < -0.4 is 0 Å². The number of aldehydes is 1. The number of benzene rings is 1. The van der Waals surface area contributed by atoms with Crippen molar-refractivity contribution in [3.63, 3.8) is 0 Å². The minimum absolute atomic E-state index is 0.0777. The van der Waals surface area contributed by atoms with Crippen molar-refractivity contribution in [3.05, 3.63) is 35.4 Å². The number of thioether (sulfide) groups is 1. The van der Waals surface area contributed by atoms with Gasteiger partial charge in [-0.1, -0.05) is 11.8 Å². The lowest BCUT2D eigenvalue weighted by Crippen LogP contribution is -2.34. The van der Waals surface area contributed by atoms with E-state index in [0.717, 1.165) is 17.8 Å². The van der Waals surface area contributed by atoms with E-state index in [1.54, 1.807) is 0 Å². The van der Waals surface area contributed by atoms with Crippen LogP contribution in [0, 0.1) is 17.6 Å². The van der Waals surface area contributed by atoms with Gasteiger partial charge in [0, 0.05) is 18.9 Å². The van der Waals surface area contributed by atoms with E-state index in [1.165, 1.54) is 12.1 Å². The van der Waals surface area contributed by atoms with E-state index >= 15 is 0 Å². The summed E-state index contributed by atoms with van der Waals surface area (Å²) < 4.78 is 26.6. The Balaban J connectivity index is 2.28. The standard InChI is InChI=1S/C14H16F2O3S/c15-11-5-10(6-12(16)7-11)13(1-3-17)9-2-4-20-14(18,19)8-9/h3,5-7,9,13,18-19H,1-2,4,8H2/t9?,13-/m1/s1. The molecule has 0 saturated carbocycles. The maximum Gasteiger partial charge on any atom is 0.213 e. The third-order valence-corrected chi connectivity index (χ3v) is 4.65. The fraction of sp³-hybridized carbons (Fsp3) is 0.500. The highest BCUT2D eigenvalue weighted by Crippen LogP contribution is 2.43. The summed E-state index contributed by atoms with van der Waals surface area (Å²) in [7, 11) is 0. The van der Waals surface area contributed by atoms with E-state index in [-0.39, 0.29) is 18.8 Å². The molecule has 0 amide bonds. The third-order valence-electron chi connectivity index (χ3n) is 3.58. The maximum absolute atomic E-state index is 13.3. The summed E-state index contributed by atoms with van der Waals surface area (Å²) in [5.74, 6) is -1.46. The summed E-state index contributed by atoms with van der Waals surface area (Å²) in [5, 5.41) is 17.6. The molecule has 1 aliphatic rings. The van der Waals surface area contributed by atoms with Crippen LogP contribution in [-0.4, -0.2) is 27.4 Å². The first-order chi connectivity index (χ1) is 9.41. The molecule has 0 aromatic heterocycles. The number of carbonyl (C=O) groups excluding carboxylic acids is 1. The van der Waals surface area contributed by atoms with Gasteiger partial charge < -0.3 is 15.0 Å². The molecule has 20 heavy (non-hydrogen) atoms. The van der Waals surface area contributed by atoms with Gasteiger partial charge in [-0.3, -0.25) is 0 Å². The van der Waals surface area contributed by atoms with Gasteiger partial charge in [-0.05, 0) is 41.7 Å². The first kappa shape index (κ1) is 15.4. The van der Waals surface area contributed by atoms with E-state index in [2.05, 4.69) is 0 Å². The minimum Gasteiger partial charge on any atom is -0.357 e. The Morgan fingerprint density at radius 2 is 2.00 bits per heavy atom. The molecule has 3 nitrogen and oxygen atoms in total. The Hall–Kier alpha value is -0.980. The number of aliphatic hydroxyl groups is 2. The van der Waals surface area contributed by atoms with Gasteiger partial charge in [0.15, 0.2) is 0 Å². The van der Waals surface area contributed by atoms with Crippen LogP contribution in [-0.2, 0) is 4.79 Å². The third kappa shape index (κ3) is 3.77. The summed E-state index contributed by atoms with van der Waals surface area (Å²) in [6.45, 7) is 0. The molecule has 2 rings (SSSR count). The molecule has 0 radical (unpaired) electrons. The van der Waals surface area contributed by atoms with Gasteiger partial charge in [-0.25, -0.2) is 8.78 Å². The highest BCUT2D eigenvalue weighted by Gasteiger charge is 2.37. The Morgan fingerprint density at radius 1 is 1.35 bits per heavy atom. The quantitative estimate of drug-likeness (QED) is 0.662. The number of rotatable bonds is 4. The van der Waals surface area contributed by atoms with Gasteiger partial charge in [-0.15, -0.1) is 0 Å². The first-order valence-corrected chi connectivity index (χ1v) is 7.38. The number of hydrogen-bond acceptors (Lipinski definition) is 4. The fourth-order valence-corrected chi connectivity index (χ4v) is 3.79. The molecule has 1 aliphatic heterocycles. The molecule has 1 saturated heterocycles. The number of hydrogen-bond donors (Lipinski definition) is 2. The molecule has 1 aromatic rings. The minimum atomic E-state index is -1.84. The van der Waals surface area contributed by atoms with Crippen LogP contribution in [0.2, 0.25) is 0 Å². The van der Waals surface area contributed by atoms with Crippen molar-refractivity contribution < 1.29 is 23.8 Å². The second-order valence-corrected chi connectivity index (χ2v) is 6.41. The van der Waals surface area contributed by atoms with Crippen LogP contribution in [0.25, 0.3) is 0 Å². The first-order valence-electron chi connectivity index (χ1n) is 6.39. The summed E-state index contributed by atoms with van der Waals surface area (Å²) >= 11 is 1.04. The van der Waals surface area contributed by atoms with Gasteiger partial charge in [0.2, 0.25) is 5.12 Å². The Bertz CT molecular complexity index is 473. The maximum atomic E-state index is 13.3. The van der Waals surface area contributed by atoms with Crippen molar-refractivity contribution >= 4 is 18.0 Å². The Labute approximate surface area is 120 Å². The zero-order valence-corrected chi connectivity index (χ0v) is 11.6. The second kappa shape index (κ2) is 6.20. The van der Waals surface area contributed by atoms with Crippen LogP contribution in [0.1, 0.15) is 30.7 Å². The van der Waals surface area contributed by atoms with E-state index in [9.17, 15) is 23.8 Å². The SMILES string of the molecule is O=CC[C@@H](c1cc(F)cc(F)c1)C1CCSC(O)(O)C1. The average Bonchev–Trinajstić information content (AvgIpc) is 2.33. The van der Waals surface area contributed by atoms with Crippen molar-refractivity contribution in [1.29, 1.82) is 0 Å². The highest BCUT2D eigenvalue weighted by molar-refractivity contribution is 8.00. The molecule has 2 N–H and O–H groups in total. The van der Waals surface area contributed by atoms with Crippen molar-refractivity contribution in [1.82, 2.24) is 0 Å². The van der Waals surface area contributed by atoms with E-state index in [0.29, 0.717) is 24.0 Å². The summed E-state index contributed by atoms with van der Waals surface area (Å²) in [5.41, 5.74) is 0.391. The molecule has 2 atom stereocenters. The summed E-state index contributed by atoms with van der Waals surface area (Å²) in [4.78, 5) is 10.8. The largest absolute Gasteiger partial charge is 0.357 e. The molecule has 6 heteroatoms. The van der Waals surface area contributed by atoms with Gasteiger partial charge in [0.1, 0.15) is 17.9 Å². The molecule has 0 bridgehead atoms. The monoisotopic (exact) mass is 302 g/mol. The predicted octanol–water partition coefficient (Wildman–Crippen LogP) is 2.42. The van der Waals surface area contributed by atoms with Gasteiger partial charge in [0.25, 0.3) is 0 Å². The normalized spacial score (nSPS) is 23.3. The van der Waals surface area contributed by atoms with Crippen LogP contribution in [0.15, 0.2) is 18.2 Å². The van der Waals surface area contributed by atoms with E-state index < -0.39 is 22.7 Å². The predicted molar refractivity (Wildman–Crippen MR) is 72.1 cm³/mol. The van der Waals surface area contributed by atoms with E-state index in [1.807, 2.05) is 0 Å². The lowest BCUT2D eigenvalue weighted by atomic mass is 9.80. The van der Waals surface area contributed by atoms with Gasteiger partial charge >= 0.3 is 0 Å². The molecule has 1 aromatic carbocycles. The highest BCUT2D eigenvalue weighted by atomic mass is 32.2. The van der Waals surface area contributed by atoms with Crippen molar-refractivity contribution in [2.75, 3.05) is 5.75 Å². The van der Waals surface area contributed by atoms with Gasteiger partial charge in [-0.2, -0.15) is 0 Å². The number of halogens is 2. The molecule has 1 unspecified atom stereocenters. The second-order valence-electron chi connectivity index (χ2n) is 5.06. The fourth-order valence-electron chi connectivity index (χ4n) is 2.71. The lowest BCUT2D eigenvalue weighted by molar-refractivity contribution is -0.110. The molecular formula is C14H16F2O3S. The average molecular weight is 302 g/mol. The topological polar surface area (TPSA) is 57.5 Å².